The first kappa shape index (κ1) is 14.5. The molecule has 0 unspecified atom stereocenters. The van der Waals surface area contributed by atoms with Gasteiger partial charge in [0.2, 0.25) is 0 Å². The Morgan fingerprint density at radius 2 is 2.00 bits per heavy atom. The van der Waals surface area contributed by atoms with E-state index in [-0.39, 0.29) is 5.82 Å². The van der Waals surface area contributed by atoms with Crippen LogP contribution in [0.1, 0.15) is 26.7 Å². The lowest BCUT2D eigenvalue weighted by molar-refractivity contribution is 0.612. The van der Waals surface area contributed by atoms with Gasteiger partial charge >= 0.3 is 0 Å². The highest BCUT2D eigenvalue weighted by Gasteiger charge is 2.15. The summed E-state index contributed by atoms with van der Waals surface area (Å²) in [5.74, 6) is 2.26. The number of halogens is 1. The van der Waals surface area contributed by atoms with Crippen molar-refractivity contribution in [2.75, 3.05) is 28.8 Å². The van der Waals surface area contributed by atoms with Crippen molar-refractivity contribution in [2.24, 2.45) is 0 Å². The van der Waals surface area contributed by atoms with Gasteiger partial charge < -0.3 is 10.2 Å². The smallest absolute Gasteiger partial charge is 0.148 e. The van der Waals surface area contributed by atoms with Crippen LogP contribution >= 0.6 is 11.8 Å². The van der Waals surface area contributed by atoms with Crippen LogP contribution in [0.25, 0.3) is 0 Å². The van der Waals surface area contributed by atoms with Crippen LogP contribution in [0.5, 0.6) is 0 Å². The Balaban J connectivity index is 2.05. The summed E-state index contributed by atoms with van der Waals surface area (Å²) in [5, 5.41) is 3.45. The lowest BCUT2D eigenvalue weighted by Gasteiger charge is -2.26. The third-order valence-electron chi connectivity index (χ3n) is 3.69. The SMILES string of the molecule is CC(C)N(C)c1ccc(NC2CCSCC2)cc1F. The van der Waals surface area contributed by atoms with Crippen molar-refractivity contribution >= 4 is 23.1 Å². The molecule has 0 aliphatic carbocycles. The minimum atomic E-state index is -0.147. The van der Waals surface area contributed by atoms with Crippen LogP contribution in [-0.4, -0.2) is 30.6 Å². The molecule has 1 aliphatic rings. The summed E-state index contributed by atoms with van der Waals surface area (Å²) in [6, 6.07) is 6.27. The van der Waals surface area contributed by atoms with E-state index in [2.05, 4.69) is 19.2 Å². The van der Waals surface area contributed by atoms with E-state index < -0.39 is 0 Å². The summed E-state index contributed by atoms with van der Waals surface area (Å²) in [4.78, 5) is 1.95. The number of rotatable bonds is 4. The van der Waals surface area contributed by atoms with Gasteiger partial charge in [0.15, 0.2) is 0 Å². The van der Waals surface area contributed by atoms with E-state index in [1.165, 1.54) is 24.3 Å². The van der Waals surface area contributed by atoms with Crippen molar-refractivity contribution < 1.29 is 4.39 Å². The third kappa shape index (κ3) is 3.78. The molecule has 2 nitrogen and oxygen atoms in total. The predicted octanol–water partition coefficient (Wildman–Crippen LogP) is 3.98. The normalized spacial score (nSPS) is 16.7. The van der Waals surface area contributed by atoms with Gasteiger partial charge in [-0.25, -0.2) is 4.39 Å². The van der Waals surface area contributed by atoms with E-state index >= 15 is 0 Å². The molecule has 1 aromatic rings. The molecule has 0 saturated carbocycles. The molecule has 0 atom stereocenters. The molecule has 0 aromatic heterocycles. The summed E-state index contributed by atoms with van der Waals surface area (Å²) in [6.45, 7) is 4.12. The van der Waals surface area contributed by atoms with Crippen LogP contribution in [0.15, 0.2) is 18.2 Å². The number of hydrogen-bond donors (Lipinski definition) is 1. The van der Waals surface area contributed by atoms with E-state index in [1.54, 1.807) is 6.07 Å². The summed E-state index contributed by atoms with van der Waals surface area (Å²) in [6.07, 6.45) is 2.33. The average Bonchev–Trinajstić information content (AvgIpc) is 2.39. The zero-order valence-electron chi connectivity index (χ0n) is 11.9. The number of nitrogens with one attached hydrogen (secondary N) is 1. The zero-order valence-corrected chi connectivity index (χ0v) is 12.8. The first-order chi connectivity index (χ1) is 9.08. The second-order valence-corrected chi connectivity index (χ2v) is 6.63. The maximum Gasteiger partial charge on any atom is 0.148 e. The van der Waals surface area contributed by atoms with Crippen LogP contribution in [0.4, 0.5) is 15.8 Å². The fraction of sp³-hybridized carbons (Fsp3) is 0.600. The molecule has 0 spiro atoms. The standard InChI is InChI=1S/C15H23FN2S/c1-11(2)18(3)15-5-4-13(10-14(15)16)17-12-6-8-19-9-7-12/h4-5,10-12,17H,6-9H2,1-3H3. The van der Waals surface area contributed by atoms with Crippen LogP contribution < -0.4 is 10.2 Å². The summed E-state index contributed by atoms with van der Waals surface area (Å²) in [7, 11) is 1.93. The molecule has 106 valence electrons. The first-order valence-corrected chi connectivity index (χ1v) is 8.10. The van der Waals surface area contributed by atoms with E-state index in [0.717, 1.165) is 5.69 Å². The van der Waals surface area contributed by atoms with Crippen molar-refractivity contribution in [3.8, 4) is 0 Å². The van der Waals surface area contributed by atoms with Gasteiger partial charge in [0.25, 0.3) is 0 Å². The highest BCUT2D eigenvalue weighted by Crippen LogP contribution is 2.26. The Morgan fingerprint density at radius 3 is 2.58 bits per heavy atom. The van der Waals surface area contributed by atoms with E-state index in [1.807, 2.05) is 35.8 Å². The van der Waals surface area contributed by atoms with Crippen LogP contribution in [0.3, 0.4) is 0 Å². The minimum absolute atomic E-state index is 0.147. The van der Waals surface area contributed by atoms with Crippen LogP contribution in [0, 0.1) is 5.82 Å². The predicted molar refractivity (Wildman–Crippen MR) is 83.9 cm³/mol. The van der Waals surface area contributed by atoms with E-state index in [9.17, 15) is 4.39 Å². The maximum absolute atomic E-state index is 14.1. The fourth-order valence-electron chi connectivity index (χ4n) is 2.24. The van der Waals surface area contributed by atoms with Gasteiger partial charge in [0.05, 0.1) is 5.69 Å². The Hall–Kier alpha value is -0.900. The molecule has 1 N–H and O–H groups in total. The van der Waals surface area contributed by atoms with Gasteiger partial charge in [-0.15, -0.1) is 0 Å². The summed E-state index contributed by atoms with van der Waals surface area (Å²) in [5.41, 5.74) is 1.56. The average molecular weight is 282 g/mol. The van der Waals surface area contributed by atoms with Gasteiger partial charge in [0, 0.05) is 24.8 Å². The molecule has 2 rings (SSSR count). The molecule has 4 heteroatoms. The highest BCUT2D eigenvalue weighted by atomic mass is 32.2. The number of anilines is 2. The molecule has 1 saturated heterocycles. The maximum atomic E-state index is 14.1. The Morgan fingerprint density at radius 1 is 1.32 bits per heavy atom. The lowest BCUT2D eigenvalue weighted by Crippen LogP contribution is -2.27. The third-order valence-corrected chi connectivity index (χ3v) is 4.74. The molecule has 1 fully saturated rings. The van der Waals surface area contributed by atoms with Crippen LogP contribution in [0.2, 0.25) is 0 Å². The molecule has 0 amide bonds. The quantitative estimate of drug-likeness (QED) is 0.899. The zero-order chi connectivity index (χ0) is 13.8. The molecule has 19 heavy (non-hydrogen) atoms. The van der Waals surface area contributed by atoms with Gasteiger partial charge in [-0.05, 0) is 56.4 Å². The second-order valence-electron chi connectivity index (χ2n) is 5.40. The van der Waals surface area contributed by atoms with Crippen molar-refractivity contribution in [2.45, 2.75) is 38.8 Å². The van der Waals surface area contributed by atoms with Gasteiger partial charge in [-0.1, -0.05) is 0 Å². The van der Waals surface area contributed by atoms with Gasteiger partial charge in [-0.3, -0.25) is 0 Å². The van der Waals surface area contributed by atoms with Crippen molar-refractivity contribution in [3.05, 3.63) is 24.0 Å². The van der Waals surface area contributed by atoms with E-state index in [4.69, 9.17) is 0 Å². The van der Waals surface area contributed by atoms with Crippen LogP contribution in [-0.2, 0) is 0 Å². The Labute approximate surface area is 119 Å². The van der Waals surface area contributed by atoms with Crippen molar-refractivity contribution in [3.63, 3.8) is 0 Å². The molecule has 0 radical (unpaired) electrons. The number of hydrogen-bond acceptors (Lipinski definition) is 3. The molecule has 1 heterocycles. The largest absolute Gasteiger partial charge is 0.382 e. The number of benzene rings is 1. The van der Waals surface area contributed by atoms with Crippen molar-refractivity contribution in [1.29, 1.82) is 0 Å². The van der Waals surface area contributed by atoms with Gasteiger partial charge in [0.1, 0.15) is 5.82 Å². The van der Waals surface area contributed by atoms with Gasteiger partial charge in [-0.2, -0.15) is 11.8 Å². The fourth-order valence-corrected chi connectivity index (χ4v) is 3.35. The minimum Gasteiger partial charge on any atom is -0.382 e. The monoisotopic (exact) mass is 282 g/mol. The Kier molecular flexibility index (Phi) is 4.97. The van der Waals surface area contributed by atoms with E-state index in [0.29, 0.717) is 17.8 Å². The number of thioether (sulfide) groups is 1. The summed E-state index contributed by atoms with van der Waals surface area (Å²) >= 11 is 2.00. The molecular formula is C15H23FN2S. The summed E-state index contributed by atoms with van der Waals surface area (Å²) < 4.78 is 14.1. The molecule has 1 aliphatic heterocycles. The first-order valence-electron chi connectivity index (χ1n) is 6.94. The highest BCUT2D eigenvalue weighted by molar-refractivity contribution is 7.99. The molecule has 0 bridgehead atoms. The Bertz CT molecular complexity index is 417. The molecular weight excluding hydrogens is 259 g/mol. The lowest BCUT2D eigenvalue weighted by atomic mass is 10.1. The topological polar surface area (TPSA) is 15.3 Å². The number of nitrogens with zero attached hydrogens (tertiary/aromatic N) is 1. The van der Waals surface area contributed by atoms with Crippen molar-refractivity contribution in [1.82, 2.24) is 0 Å². The second kappa shape index (κ2) is 6.51. The molecule has 1 aromatic carbocycles.